The van der Waals surface area contributed by atoms with E-state index >= 15 is 0 Å². The lowest BCUT2D eigenvalue weighted by Gasteiger charge is -2.19. The lowest BCUT2D eigenvalue weighted by Crippen LogP contribution is -2.24. The van der Waals surface area contributed by atoms with Crippen LogP contribution in [0.25, 0.3) is 0 Å². The highest BCUT2D eigenvalue weighted by Gasteiger charge is 2.18. The van der Waals surface area contributed by atoms with Crippen LogP contribution in [0.2, 0.25) is 39.3 Å². The first kappa shape index (κ1) is 16.7. The molecule has 0 radical (unpaired) electrons. The Morgan fingerprint density at radius 1 is 1.12 bits per heavy atom. The van der Waals surface area contributed by atoms with Gasteiger partial charge < -0.3 is 5.11 Å². The molecule has 1 nitrogen and oxygen atoms in total. The summed E-state index contributed by atoms with van der Waals surface area (Å²) in [5.41, 5.74) is 3.44. The first-order valence-corrected chi connectivity index (χ1v) is 13.5. The van der Waals surface area contributed by atoms with Gasteiger partial charge in [-0.15, -0.1) is 11.5 Å². The second-order valence-corrected chi connectivity index (χ2v) is 16.5. The van der Waals surface area contributed by atoms with E-state index in [2.05, 4.69) is 56.8 Å². The first-order valence-electron chi connectivity index (χ1n) is 6.47. The number of rotatable bonds is 5. The predicted molar refractivity (Wildman–Crippen MR) is 83.5 cm³/mol. The van der Waals surface area contributed by atoms with Gasteiger partial charge in [-0.05, 0) is 12.8 Å². The van der Waals surface area contributed by atoms with Gasteiger partial charge in [0.1, 0.15) is 8.07 Å². The first-order chi connectivity index (χ1) is 7.67. The average Bonchev–Trinajstić information content (AvgIpc) is 2.12. The topological polar surface area (TPSA) is 20.2 Å². The van der Waals surface area contributed by atoms with Crippen molar-refractivity contribution in [2.24, 2.45) is 0 Å². The minimum absolute atomic E-state index is 0.288. The Kier molecular flexibility index (Phi) is 7.07. The highest BCUT2D eigenvalue weighted by atomic mass is 28.3. The van der Waals surface area contributed by atoms with Crippen LogP contribution in [0.5, 0.6) is 0 Å². The molecular formula is C14H28OSi2. The summed E-state index contributed by atoms with van der Waals surface area (Å²) in [6, 6.07) is 0. The lowest BCUT2D eigenvalue weighted by molar-refractivity contribution is 0.289. The van der Waals surface area contributed by atoms with Gasteiger partial charge in [0.05, 0.1) is 8.07 Å². The highest BCUT2D eigenvalue weighted by molar-refractivity contribution is 6.84. The molecule has 0 heterocycles. The largest absolute Gasteiger partial charge is 0.396 e. The fraction of sp³-hybridized carbons (Fsp3) is 0.714. The minimum atomic E-state index is -1.24. The van der Waals surface area contributed by atoms with E-state index in [0.29, 0.717) is 0 Å². The molecule has 0 unspecified atom stereocenters. The molecule has 0 saturated heterocycles. The number of hydrogen-bond donors (Lipinski definition) is 1. The highest BCUT2D eigenvalue weighted by Crippen LogP contribution is 2.18. The molecule has 0 rings (SSSR count). The van der Waals surface area contributed by atoms with E-state index in [0.717, 1.165) is 19.3 Å². The number of hydrogen-bond acceptors (Lipinski definition) is 1. The lowest BCUT2D eigenvalue weighted by atomic mass is 10.3. The van der Waals surface area contributed by atoms with E-state index in [1.54, 1.807) is 0 Å². The normalized spacial score (nSPS) is 13.2. The maximum absolute atomic E-state index is 8.82. The molecule has 0 aromatic carbocycles. The van der Waals surface area contributed by atoms with Crippen molar-refractivity contribution in [2.75, 3.05) is 6.61 Å². The van der Waals surface area contributed by atoms with Crippen molar-refractivity contribution in [2.45, 2.75) is 58.5 Å². The summed E-state index contributed by atoms with van der Waals surface area (Å²) < 4.78 is 0. The van der Waals surface area contributed by atoms with E-state index in [9.17, 15) is 0 Å². The smallest absolute Gasteiger partial charge is 0.129 e. The van der Waals surface area contributed by atoms with Crippen LogP contribution in [-0.2, 0) is 0 Å². The Balaban J connectivity index is 4.61. The zero-order valence-corrected chi connectivity index (χ0v) is 14.4. The molecule has 0 spiro atoms. The van der Waals surface area contributed by atoms with E-state index in [-0.39, 0.29) is 6.61 Å². The molecule has 0 aliphatic heterocycles. The summed E-state index contributed by atoms with van der Waals surface area (Å²) in [4.78, 5) is 0. The van der Waals surface area contributed by atoms with Crippen LogP contribution in [0.4, 0.5) is 0 Å². The molecule has 98 valence electrons. The molecule has 0 aromatic rings. The van der Waals surface area contributed by atoms with E-state index in [1.807, 2.05) is 0 Å². The van der Waals surface area contributed by atoms with Crippen molar-refractivity contribution in [1.82, 2.24) is 0 Å². The zero-order chi connectivity index (χ0) is 13.5. The second kappa shape index (κ2) is 7.20. The molecule has 17 heavy (non-hydrogen) atoms. The van der Waals surface area contributed by atoms with Crippen LogP contribution in [0.15, 0.2) is 11.3 Å². The van der Waals surface area contributed by atoms with Crippen LogP contribution >= 0.6 is 0 Å². The van der Waals surface area contributed by atoms with Crippen LogP contribution in [0.3, 0.4) is 0 Å². The summed E-state index contributed by atoms with van der Waals surface area (Å²) in [7, 11) is -2.47. The Morgan fingerprint density at radius 3 is 2.12 bits per heavy atom. The Bertz CT molecular complexity index is 308. The quantitative estimate of drug-likeness (QED) is 0.456. The second-order valence-electron chi connectivity index (χ2n) is 6.57. The number of unbranched alkanes of at least 4 members (excludes halogenated alkanes) is 1. The van der Waals surface area contributed by atoms with Gasteiger partial charge in [-0.1, -0.05) is 50.6 Å². The van der Waals surface area contributed by atoms with Gasteiger partial charge in [0, 0.05) is 13.0 Å². The molecule has 0 amide bonds. The van der Waals surface area contributed by atoms with Crippen molar-refractivity contribution in [3.8, 4) is 11.5 Å². The summed E-state index contributed by atoms with van der Waals surface area (Å²) >= 11 is 0. The maximum atomic E-state index is 8.82. The third-order valence-corrected chi connectivity index (χ3v) is 5.69. The Hall–Kier alpha value is -0.306. The predicted octanol–water partition coefficient (Wildman–Crippen LogP) is 3.83. The zero-order valence-electron chi connectivity index (χ0n) is 12.4. The van der Waals surface area contributed by atoms with E-state index in [1.165, 1.54) is 5.20 Å². The Labute approximate surface area is 109 Å². The van der Waals surface area contributed by atoms with Crippen LogP contribution in [0, 0.1) is 11.5 Å². The molecule has 0 saturated carbocycles. The van der Waals surface area contributed by atoms with Gasteiger partial charge >= 0.3 is 0 Å². The summed E-state index contributed by atoms with van der Waals surface area (Å²) in [5, 5.41) is 10.4. The van der Waals surface area contributed by atoms with Gasteiger partial charge in [0.2, 0.25) is 0 Å². The molecular weight excluding hydrogens is 240 g/mol. The van der Waals surface area contributed by atoms with Crippen molar-refractivity contribution in [3.05, 3.63) is 11.3 Å². The van der Waals surface area contributed by atoms with Crippen LogP contribution in [0.1, 0.15) is 19.3 Å². The fourth-order valence-electron chi connectivity index (χ4n) is 1.42. The average molecular weight is 269 g/mol. The summed E-state index contributed by atoms with van der Waals surface area (Å²) in [6.45, 7) is 14.2. The van der Waals surface area contributed by atoms with Crippen molar-refractivity contribution in [3.63, 3.8) is 0 Å². The molecule has 0 aromatic heterocycles. The van der Waals surface area contributed by atoms with Crippen LogP contribution < -0.4 is 0 Å². The molecule has 0 fully saturated rings. The summed E-state index contributed by atoms with van der Waals surface area (Å²) in [5.74, 6) is 3.37. The fourth-order valence-corrected chi connectivity index (χ4v) is 3.41. The van der Waals surface area contributed by atoms with E-state index < -0.39 is 16.1 Å². The molecule has 0 atom stereocenters. The Morgan fingerprint density at radius 2 is 1.71 bits per heavy atom. The van der Waals surface area contributed by atoms with Gasteiger partial charge in [-0.25, -0.2) is 0 Å². The molecule has 1 N–H and O–H groups in total. The van der Waals surface area contributed by atoms with Gasteiger partial charge in [-0.2, -0.15) is 0 Å². The van der Waals surface area contributed by atoms with Gasteiger partial charge in [0.15, 0.2) is 0 Å². The number of aliphatic hydroxyl groups excluding tert-OH is 1. The van der Waals surface area contributed by atoms with Crippen molar-refractivity contribution < 1.29 is 5.11 Å². The van der Waals surface area contributed by atoms with Crippen molar-refractivity contribution in [1.29, 1.82) is 0 Å². The molecule has 0 aliphatic carbocycles. The third-order valence-electron chi connectivity index (χ3n) is 2.46. The van der Waals surface area contributed by atoms with Crippen molar-refractivity contribution >= 4 is 16.1 Å². The molecule has 0 aliphatic rings. The number of allylic oxidation sites excluding steroid dienone is 2. The van der Waals surface area contributed by atoms with Gasteiger partial charge in [-0.3, -0.25) is 0 Å². The maximum Gasteiger partial charge on any atom is 0.129 e. The SMILES string of the molecule is C[Si](C)(C)C#CC/C(=C/CCCO)[Si](C)(C)C. The summed E-state index contributed by atoms with van der Waals surface area (Å²) in [6.07, 6.45) is 5.12. The number of aliphatic hydroxyl groups is 1. The standard InChI is InChI=1S/C14H28OSi2/c1-16(2,3)13-9-11-14(17(4,5)6)10-7-8-12-15/h10,15H,7-8,11-12H2,1-6H3/b14-10-. The molecule has 0 bridgehead atoms. The van der Waals surface area contributed by atoms with E-state index in [4.69, 9.17) is 5.11 Å². The van der Waals surface area contributed by atoms with Gasteiger partial charge in [0.25, 0.3) is 0 Å². The monoisotopic (exact) mass is 268 g/mol. The van der Waals surface area contributed by atoms with Crippen LogP contribution in [-0.4, -0.2) is 27.9 Å². The third kappa shape index (κ3) is 9.40. The molecule has 3 heteroatoms. The minimum Gasteiger partial charge on any atom is -0.396 e.